The van der Waals surface area contributed by atoms with E-state index in [0.717, 1.165) is 5.56 Å². The molecule has 110 valence electrons. The second kappa shape index (κ2) is 5.57. The molecule has 0 bridgehead atoms. The smallest absolute Gasteiger partial charge is 0.221 e. The number of hydrogen-bond acceptors (Lipinski definition) is 4. The quantitative estimate of drug-likeness (QED) is 0.852. The van der Waals surface area contributed by atoms with Crippen LogP contribution in [0, 0.1) is 6.92 Å². The second-order valence-electron chi connectivity index (χ2n) is 4.75. The summed E-state index contributed by atoms with van der Waals surface area (Å²) in [5.41, 5.74) is 7.26. The molecule has 0 saturated carbocycles. The number of nitrogen functional groups attached to an aromatic ring is 1. The Kier molecular flexibility index (Phi) is 3.99. The van der Waals surface area contributed by atoms with Gasteiger partial charge in [0.15, 0.2) is 0 Å². The largest absolute Gasteiger partial charge is 0.397 e. The summed E-state index contributed by atoms with van der Waals surface area (Å²) in [5.74, 6) is -0.268. The van der Waals surface area contributed by atoms with E-state index in [-0.39, 0.29) is 21.4 Å². The molecule has 2 aromatic carbocycles. The highest BCUT2D eigenvalue weighted by Crippen LogP contribution is 2.27. The molecule has 2 rings (SSSR count). The summed E-state index contributed by atoms with van der Waals surface area (Å²) < 4.78 is 25.1. The maximum absolute atomic E-state index is 12.5. The maximum atomic E-state index is 12.5. The topological polar surface area (TPSA) is 89.3 Å². The van der Waals surface area contributed by atoms with Crippen LogP contribution in [0.4, 0.5) is 11.4 Å². The van der Waals surface area contributed by atoms with Crippen molar-refractivity contribution in [2.45, 2.75) is 23.6 Å². The van der Waals surface area contributed by atoms with E-state index < -0.39 is 9.84 Å². The summed E-state index contributed by atoms with van der Waals surface area (Å²) in [6.07, 6.45) is 0. The Labute approximate surface area is 123 Å². The lowest BCUT2D eigenvalue weighted by Crippen LogP contribution is -2.09. The van der Waals surface area contributed by atoms with Gasteiger partial charge in [0.05, 0.1) is 21.2 Å². The van der Waals surface area contributed by atoms with Crippen LogP contribution >= 0.6 is 0 Å². The summed E-state index contributed by atoms with van der Waals surface area (Å²) in [6.45, 7) is 3.18. The molecule has 3 N–H and O–H groups in total. The van der Waals surface area contributed by atoms with Crippen LogP contribution in [0.5, 0.6) is 0 Å². The molecule has 0 fully saturated rings. The van der Waals surface area contributed by atoms with Crippen molar-refractivity contribution in [3.8, 4) is 0 Å². The zero-order valence-electron chi connectivity index (χ0n) is 11.8. The molecule has 0 heterocycles. The van der Waals surface area contributed by atoms with Gasteiger partial charge in [-0.25, -0.2) is 8.42 Å². The fraction of sp³-hybridized carbons (Fsp3) is 0.133. The molecule has 0 aliphatic carbocycles. The molecular weight excluding hydrogens is 288 g/mol. The number of hydrogen-bond donors (Lipinski definition) is 2. The number of sulfone groups is 1. The predicted molar refractivity (Wildman–Crippen MR) is 81.8 cm³/mol. The van der Waals surface area contributed by atoms with Gasteiger partial charge in [0.2, 0.25) is 15.7 Å². The summed E-state index contributed by atoms with van der Waals surface area (Å²) in [7, 11) is -3.62. The van der Waals surface area contributed by atoms with Gasteiger partial charge >= 0.3 is 0 Å². The molecule has 0 unspecified atom stereocenters. The highest BCUT2D eigenvalue weighted by Gasteiger charge is 2.18. The second-order valence-corrected chi connectivity index (χ2v) is 6.70. The van der Waals surface area contributed by atoms with Gasteiger partial charge in [-0.1, -0.05) is 12.1 Å². The van der Waals surface area contributed by atoms with Crippen molar-refractivity contribution in [3.05, 3.63) is 48.0 Å². The Morgan fingerprint density at radius 3 is 2.33 bits per heavy atom. The fourth-order valence-corrected chi connectivity index (χ4v) is 3.33. The van der Waals surface area contributed by atoms with Gasteiger partial charge in [-0.3, -0.25) is 4.79 Å². The first-order valence-electron chi connectivity index (χ1n) is 6.29. The standard InChI is InChI=1S/C15H16N2O3S/c1-10-4-3-5-12(8-10)21(19,20)13-6-7-15(14(16)9-13)17-11(2)18/h3-9H,16H2,1-2H3,(H,17,18). The summed E-state index contributed by atoms with van der Waals surface area (Å²) >= 11 is 0. The van der Waals surface area contributed by atoms with Crippen LogP contribution in [0.15, 0.2) is 52.3 Å². The van der Waals surface area contributed by atoms with Crippen LogP contribution in [-0.4, -0.2) is 14.3 Å². The highest BCUT2D eigenvalue weighted by molar-refractivity contribution is 7.91. The van der Waals surface area contributed by atoms with Gasteiger partial charge in [0, 0.05) is 6.92 Å². The lowest BCUT2D eigenvalue weighted by molar-refractivity contribution is -0.114. The average Bonchev–Trinajstić information content (AvgIpc) is 2.40. The van der Waals surface area contributed by atoms with Crippen LogP contribution in [0.2, 0.25) is 0 Å². The molecule has 0 aliphatic heterocycles. The first-order valence-corrected chi connectivity index (χ1v) is 7.78. The molecule has 0 radical (unpaired) electrons. The Morgan fingerprint density at radius 2 is 1.76 bits per heavy atom. The minimum absolute atomic E-state index is 0.0969. The molecular formula is C15H16N2O3S. The van der Waals surface area contributed by atoms with Crippen molar-refractivity contribution in [2.75, 3.05) is 11.1 Å². The molecule has 2 aromatic rings. The zero-order chi connectivity index (χ0) is 15.6. The van der Waals surface area contributed by atoms with E-state index in [0.29, 0.717) is 5.69 Å². The maximum Gasteiger partial charge on any atom is 0.221 e. The Balaban J connectivity index is 2.46. The van der Waals surface area contributed by atoms with Crippen molar-refractivity contribution in [1.29, 1.82) is 0 Å². The van der Waals surface area contributed by atoms with Crippen LogP contribution in [0.1, 0.15) is 12.5 Å². The zero-order valence-corrected chi connectivity index (χ0v) is 12.6. The molecule has 1 amide bonds. The number of nitrogens with two attached hydrogens (primary N) is 1. The van der Waals surface area contributed by atoms with E-state index in [4.69, 9.17) is 5.73 Å². The normalized spacial score (nSPS) is 11.1. The number of benzene rings is 2. The number of amides is 1. The van der Waals surface area contributed by atoms with Crippen LogP contribution < -0.4 is 11.1 Å². The molecule has 5 nitrogen and oxygen atoms in total. The van der Waals surface area contributed by atoms with Crippen molar-refractivity contribution in [2.24, 2.45) is 0 Å². The third-order valence-corrected chi connectivity index (χ3v) is 4.69. The van der Waals surface area contributed by atoms with Crippen LogP contribution in [0.3, 0.4) is 0 Å². The third kappa shape index (κ3) is 3.22. The minimum atomic E-state index is -3.62. The van der Waals surface area contributed by atoms with Gasteiger partial charge in [-0.15, -0.1) is 0 Å². The molecule has 21 heavy (non-hydrogen) atoms. The predicted octanol–water partition coefficient (Wildman–Crippen LogP) is 2.37. The first kappa shape index (κ1) is 15.1. The molecule has 0 saturated heterocycles. The molecule has 0 atom stereocenters. The van der Waals surface area contributed by atoms with Crippen molar-refractivity contribution in [3.63, 3.8) is 0 Å². The number of carbonyl (C=O) groups excluding carboxylic acids is 1. The average molecular weight is 304 g/mol. The molecule has 0 aromatic heterocycles. The van der Waals surface area contributed by atoms with E-state index in [1.807, 2.05) is 13.0 Å². The summed E-state index contributed by atoms with van der Waals surface area (Å²) in [6, 6.07) is 10.9. The number of carbonyl (C=O) groups is 1. The van der Waals surface area contributed by atoms with Gasteiger partial charge < -0.3 is 11.1 Å². The number of anilines is 2. The molecule has 0 spiro atoms. The van der Waals surface area contributed by atoms with E-state index in [1.165, 1.54) is 25.1 Å². The molecule has 6 heteroatoms. The van der Waals surface area contributed by atoms with Crippen LogP contribution in [0.25, 0.3) is 0 Å². The third-order valence-electron chi connectivity index (χ3n) is 2.94. The van der Waals surface area contributed by atoms with Gasteiger partial charge in [-0.05, 0) is 42.8 Å². The Morgan fingerprint density at radius 1 is 1.10 bits per heavy atom. The number of nitrogens with one attached hydrogen (secondary N) is 1. The SMILES string of the molecule is CC(=O)Nc1ccc(S(=O)(=O)c2cccc(C)c2)cc1N. The van der Waals surface area contributed by atoms with E-state index in [2.05, 4.69) is 5.32 Å². The molecule has 0 aliphatic rings. The highest BCUT2D eigenvalue weighted by atomic mass is 32.2. The Hall–Kier alpha value is -2.34. The minimum Gasteiger partial charge on any atom is -0.397 e. The summed E-state index contributed by atoms with van der Waals surface area (Å²) in [4.78, 5) is 11.3. The van der Waals surface area contributed by atoms with Gasteiger partial charge in [0.25, 0.3) is 0 Å². The van der Waals surface area contributed by atoms with E-state index in [1.54, 1.807) is 18.2 Å². The van der Waals surface area contributed by atoms with E-state index in [9.17, 15) is 13.2 Å². The van der Waals surface area contributed by atoms with Gasteiger partial charge in [-0.2, -0.15) is 0 Å². The first-order chi connectivity index (χ1) is 9.80. The fourth-order valence-electron chi connectivity index (χ4n) is 1.93. The van der Waals surface area contributed by atoms with Crippen molar-refractivity contribution >= 4 is 27.1 Å². The number of rotatable bonds is 3. The van der Waals surface area contributed by atoms with E-state index >= 15 is 0 Å². The number of aryl methyl sites for hydroxylation is 1. The van der Waals surface area contributed by atoms with Crippen molar-refractivity contribution in [1.82, 2.24) is 0 Å². The lowest BCUT2D eigenvalue weighted by atomic mass is 10.2. The van der Waals surface area contributed by atoms with Crippen molar-refractivity contribution < 1.29 is 13.2 Å². The lowest BCUT2D eigenvalue weighted by Gasteiger charge is -2.10. The Bertz CT molecular complexity index is 798. The van der Waals surface area contributed by atoms with Crippen LogP contribution in [-0.2, 0) is 14.6 Å². The monoisotopic (exact) mass is 304 g/mol. The summed E-state index contributed by atoms with van der Waals surface area (Å²) in [5, 5.41) is 2.54. The van der Waals surface area contributed by atoms with Gasteiger partial charge in [0.1, 0.15) is 0 Å².